The van der Waals surface area contributed by atoms with Gasteiger partial charge in [0.05, 0.1) is 19.3 Å². The minimum atomic E-state index is -1.20. The number of amides is 1. The van der Waals surface area contributed by atoms with Crippen LogP contribution in [0.5, 0.6) is 0 Å². The molecule has 1 fully saturated rings. The van der Waals surface area contributed by atoms with Crippen LogP contribution in [0.2, 0.25) is 0 Å². The van der Waals surface area contributed by atoms with E-state index in [0.29, 0.717) is 34.5 Å². The van der Waals surface area contributed by atoms with Crippen LogP contribution >= 0.6 is 15.9 Å². The average Bonchev–Trinajstić information content (AvgIpc) is 3.01. The number of nitrogens with two attached hydrogens (primary N) is 1. The largest absolute Gasteiger partial charge is 0.453 e. The fourth-order valence-electron chi connectivity index (χ4n) is 2.64. The Morgan fingerprint density at radius 1 is 1.62 bits per heavy atom. The molecule has 8 nitrogen and oxygen atoms in total. The van der Waals surface area contributed by atoms with Gasteiger partial charge in [0.25, 0.3) is 0 Å². The van der Waals surface area contributed by atoms with Crippen molar-refractivity contribution in [3.63, 3.8) is 0 Å². The van der Waals surface area contributed by atoms with Crippen LogP contribution in [0, 0.1) is 0 Å². The fraction of sp³-hybridized carbons (Fsp3) is 0.417. The lowest BCUT2D eigenvalue weighted by Crippen LogP contribution is -2.35. The summed E-state index contributed by atoms with van der Waals surface area (Å²) in [7, 11) is 1.32. The normalized spacial score (nSPS) is 22.0. The number of hydrogen-bond donors (Lipinski definition) is 2. The number of methoxy groups -OCH3 is 1. The van der Waals surface area contributed by atoms with Crippen LogP contribution in [0.25, 0.3) is 5.52 Å². The summed E-state index contributed by atoms with van der Waals surface area (Å²) in [6.45, 7) is 0.552. The maximum atomic E-state index is 11.6. The van der Waals surface area contributed by atoms with Gasteiger partial charge in [0.2, 0.25) is 0 Å². The van der Waals surface area contributed by atoms with Gasteiger partial charge in [0.1, 0.15) is 17.4 Å². The predicted molar refractivity (Wildman–Crippen MR) is 77.6 cm³/mol. The minimum absolute atomic E-state index is 0.141. The van der Waals surface area contributed by atoms with Crippen molar-refractivity contribution in [3.8, 4) is 0 Å². The third-order valence-corrected chi connectivity index (χ3v) is 4.30. The van der Waals surface area contributed by atoms with E-state index < -0.39 is 11.7 Å². The van der Waals surface area contributed by atoms with Crippen molar-refractivity contribution in [2.75, 3.05) is 25.9 Å². The van der Waals surface area contributed by atoms with E-state index in [-0.39, 0.29) is 6.54 Å². The second-order valence-corrected chi connectivity index (χ2v) is 5.81. The number of fused-ring (bicyclic) bond motifs is 1. The van der Waals surface area contributed by atoms with Gasteiger partial charge < -0.3 is 20.5 Å². The molecule has 1 aliphatic heterocycles. The van der Waals surface area contributed by atoms with Gasteiger partial charge in [0, 0.05) is 17.4 Å². The summed E-state index contributed by atoms with van der Waals surface area (Å²) in [5.41, 5.74) is 5.79. The van der Waals surface area contributed by atoms with E-state index in [1.54, 1.807) is 10.6 Å². The molecule has 0 saturated carbocycles. The zero-order valence-electron chi connectivity index (χ0n) is 11.3. The van der Waals surface area contributed by atoms with Gasteiger partial charge in [-0.3, -0.25) is 0 Å². The van der Waals surface area contributed by atoms with E-state index in [1.807, 2.05) is 0 Å². The van der Waals surface area contributed by atoms with Crippen LogP contribution in [0.1, 0.15) is 12.1 Å². The molecule has 1 atom stereocenters. The lowest BCUT2D eigenvalue weighted by Gasteiger charge is -2.22. The molecule has 0 bridgehead atoms. The van der Waals surface area contributed by atoms with Gasteiger partial charge >= 0.3 is 6.09 Å². The van der Waals surface area contributed by atoms with Crippen molar-refractivity contribution in [2.45, 2.75) is 12.0 Å². The van der Waals surface area contributed by atoms with Crippen LogP contribution in [0.15, 0.2) is 16.9 Å². The van der Waals surface area contributed by atoms with Gasteiger partial charge in [-0.2, -0.15) is 5.10 Å². The lowest BCUT2D eigenvalue weighted by atomic mass is 9.99. The maximum absolute atomic E-state index is 11.6. The molecular formula is C12H14BrN5O3. The van der Waals surface area contributed by atoms with E-state index in [4.69, 9.17) is 5.73 Å². The zero-order valence-corrected chi connectivity index (χ0v) is 12.9. The molecule has 3 heterocycles. The molecule has 0 spiro atoms. The number of nitrogen functional groups attached to an aromatic ring is 1. The number of carbonyl (C=O) groups excluding carboxylic acids is 1. The number of likely N-dealkylation sites (tertiary alicyclic amines) is 1. The summed E-state index contributed by atoms with van der Waals surface area (Å²) in [4.78, 5) is 17.0. The third kappa shape index (κ3) is 2.12. The number of β-amino-alcohol motifs (C(OH)–C–C–N with tert-alkyl or cyclic N) is 1. The summed E-state index contributed by atoms with van der Waals surface area (Å²) < 4.78 is 6.93. The second kappa shape index (κ2) is 4.85. The van der Waals surface area contributed by atoms with Gasteiger partial charge in [-0.1, -0.05) is 0 Å². The molecule has 1 amide bonds. The second-order valence-electron chi connectivity index (χ2n) is 4.96. The standard InChI is InChI=1S/C12H14BrN5O3/c1-21-11(19)17-3-2-12(20,5-17)8-4-7(13)9-10(14)15-6-16-18(8)9/h4,6,20H,2-3,5H2,1H3,(H2,14,15,16). The van der Waals surface area contributed by atoms with Crippen LogP contribution in [0.3, 0.4) is 0 Å². The number of ether oxygens (including phenoxy) is 1. The maximum Gasteiger partial charge on any atom is 0.409 e. The molecule has 0 radical (unpaired) electrons. The first-order valence-electron chi connectivity index (χ1n) is 6.30. The first kappa shape index (κ1) is 14.1. The Morgan fingerprint density at radius 2 is 2.38 bits per heavy atom. The van der Waals surface area contributed by atoms with Crippen molar-refractivity contribution >= 4 is 33.4 Å². The highest BCUT2D eigenvalue weighted by atomic mass is 79.9. The third-order valence-electron chi connectivity index (χ3n) is 3.69. The molecular weight excluding hydrogens is 342 g/mol. The molecule has 3 rings (SSSR count). The molecule has 1 unspecified atom stereocenters. The SMILES string of the molecule is COC(=O)N1CCC(O)(c2cc(Br)c3c(N)ncnn23)C1. The highest BCUT2D eigenvalue weighted by molar-refractivity contribution is 9.10. The average molecular weight is 356 g/mol. The minimum Gasteiger partial charge on any atom is -0.453 e. The highest BCUT2D eigenvalue weighted by Crippen LogP contribution is 2.36. The molecule has 1 aliphatic rings. The van der Waals surface area contributed by atoms with Gasteiger partial charge in [0.15, 0.2) is 5.82 Å². The zero-order chi connectivity index (χ0) is 15.2. The number of aromatic nitrogens is 3. The molecule has 1 saturated heterocycles. The van der Waals surface area contributed by atoms with Crippen molar-refractivity contribution in [1.82, 2.24) is 19.5 Å². The highest BCUT2D eigenvalue weighted by Gasteiger charge is 2.42. The molecule has 21 heavy (non-hydrogen) atoms. The molecule has 0 aromatic carbocycles. The first-order chi connectivity index (χ1) is 9.96. The van der Waals surface area contributed by atoms with E-state index in [2.05, 4.69) is 30.7 Å². The Bertz CT molecular complexity index is 718. The summed E-state index contributed by atoms with van der Waals surface area (Å²) in [6.07, 6.45) is 1.26. The van der Waals surface area contributed by atoms with Crippen molar-refractivity contribution in [2.24, 2.45) is 0 Å². The number of aliphatic hydroxyl groups is 1. The molecule has 9 heteroatoms. The Labute approximate surface area is 128 Å². The number of anilines is 1. The molecule has 112 valence electrons. The van der Waals surface area contributed by atoms with Crippen molar-refractivity contribution in [1.29, 1.82) is 0 Å². The smallest absolute Gasteiger partial charge is 0.409 e. The number of halogens is 1. The van der Waals surface area contributed by atoms with E-state index in [1.165, 1.54) is 18.3 Å². The first-order valence-corrected chi connectivity index (χ1v) is 7.09. The van der Waals surface area contributed by atoms with E-state index >= 15 is 0 Å². The molecule has 2 aromatic heterocycles. The molecule has 2 aromatic rings. The predicted octanol–water partition coefficient (Wildman–Crippen LogP) is 0.734. The summed E-state index contributed by atoms with van der Waals surface area (Å²) in [5.74, 6) is 0.314. The number of nitrogens with zero attached hydrogens (tertiary/aromatic N) is 4. The summed E-state index contributed by atoms with van der Waals surface area (Å²) >= 11 is 3.40. The number of carbonyl (C=O) groups is 1. The van der Waals surface area contributed by atoms with E-state index in [0.717, 1.165) is 0 Å². The van der Waals surface area contributed by atoms with Crippen LogP contribution in [-0.4, -0.2) is 50.9 Å². The topological polar surface area (TPSA) is 106 Å². The van der Waals surface area contributed by atoms with Crippen molar-refractivity contribution in [3.05, 3.63) is 22.6 Å². The Morgan fingerprint density at radius 3 is 3.10 bits per heavy atom. The van der Waals surface area contributed by atoms with E-state index in [9.17, 15) is 9.90 Å². The molecule has 3 N–H and O–H groups in total. The quantitative estimate of drug-likeness (QED) is 0.781. The van der Waals surface area contributed by atoms with Crippen LogP contribution in [-0.2, 0) is 10.3 Å². The van der Waals surface area contributed by atoms with Gasteiger partial charge in [-0.25, -0.2) is 14.3 Å². The lowest BCUT2D eigenvalue weighted by molar-refractivity contribution is 0.0385. The van der Waals surface area contributed by atoms with Crippen LogP contribution in [0.4, 0.5) is 10.6 Å². The van der Waals surface area contributed by atoms with Gasteiger partial charge in [-0.05, 0) is 22.0 Å². The number of rotatable bonds is 1. The Hall–Kier alpha value is -1.87. The van der Waals surface area contributed by atoms with Gasteiger partial charge in [-0.15, -0.1) is 0 Å². The summed E-state index contributed by atoms with van der Waals surface area (Å²) in [6, 6.07) is 1.75. The summed E-state index contributed by atoms with van der Waals surface area (Å²) in [5, 5.41) is 15.0. The Balaban J connectivity index is 2.05. The van der Waals surface area contributed by atoms with Crippen LogP contribution < -0.4 is 5.73 Å². The fourth-order valence-corrected chi connectivity index (χ4v) is 3.23. The Kier molecular flexibility index (Phi) is 3.25. The van der Waals surface area contributed by atoms with Crippen molar-refractivity contribution < 1.29 is 14.6 Å². The monoisotopic (exact) mass is 355 g/mol. The molecule has 0 aliphatic carbocycles. The number of hydrogen-bond acceptors (Lipinski definition) is 6.